The van der Waals surface area contributed by atoms with Crippen molar-refractivity contribution in [1.29, 1.82) is 0 Å². The Bertz CT molecular complexity index is 1310. The van der Waals surface area contributed by atoms with E-state index in [0.29, 0.717) is 47.9 Å². The largest absolute Gasteiger partial charge is 0.491 e. The second-order valence-electron chi connectivity index (χ2n) is 10.1. The molecule has 0 bridgehead atoms. The van der Waals surface area contributed by atoms with Gasteiger partial charge in [-0.1, -0.05) is 77.8 Å². The SMILES string of the molecule is C[C@H](Cc1ccc(OCCOCCc2ccccc2)cc1)N(CC(O)c1cccc(Cl)n1)CC(O)c1cccc(Cl)n1. The van der Waals surface area contributed by atoms with E-state index >= 15 is 0 Å². The summed E-state index contributed by atoms with van der Waals surface area (Å²) in [5.74, 6) is 0.778. The van der Waals surface area contributed by atoms with E-state index in [1.807, 2.05) is 47.4 Å². The normalized spacial score (nSPS) is 13.6. The first kappa shape index (κ1) is 31.9. The molecule has 3 atom stereocenters. The van der Waals surface area contributed by atoms with E-state index in [1.54, 1.807) is 36.4 Å². The molecule has 4 aromatic rings. The van der Waals surface area contributed by atoms with Crippen molar-refractivity contribution in [2.75, 3.05) is 32.9 Å². The van der Waals surface area contributed by atoms with Gasteiger partial charge in [0.1, 0.15) is 34.9 Å². The topological polar surface area (TPSA) is 87.9 Å². The molecule has 0 amide bonds. The molecule has 4 rings (SSSR count). The lowest BCUT2D eigenvalue weighted by Gasteiger charge is -2.32. The van der Waals surface area contributed by atoms with E-state index in [9.17, 15) is 10.2 Å². The third-order valence-electron chi connectivity index (χ3n) is 6.92. The molecule has 0 radical (unpaired) electrons. The van der Waals surface area contributed by atoms with Gasteiger partial charge in [0.25, 0.3) is 0 Å². The van der Waals surface area contributed by atoms with Crippen molar-refractivity contribution in [3.8, 4) is 5.75 Å². The van der Waals surface area contributed by atoms with Crippen molar-refractivity contribution in [3.05, 3.63) is 124 Å². The summed E-state index contributed by atoms with van der Waals surface area (Å²) in [5.41, 5.74) is 3.30. The Balaban J connectivity index is 1.31. The molecule has 0 aliphatic carbocycles. The highest BCUT2D eigenvalue weighted by atomic mass is 35.5. The number of rotatable bonds is 16. The van der Waals surface area contributed by atoms with Gasteiger partial charge < -0.3 is 19.7 Å². The number of ether oxygens (including phenoxy) is 2. The molecule has 0 saturated heterocycles. The first-order chi connectivity index (χ1) is 20.4. The minimum atomic E-state index is -0.892. The summed E-state index contributed by atoms with van der Waals surface area (Å²) in [6, 6.07) is 28.5. The molecule has 0 spiro atoms. The number of pyridine rings is 2. The van der Waals surface area contributed by atoms with Gasteiger partial charge in [-0.15, -0.1) is 0 Å². The predicted octanol–water partition coefficient (Wildman–Crippen LogP) is 6.12. The van der Waals surface area contributed by atoms with Crippen LogP contribution in [0.3, 0.4) is 0 Å². The fourth-order valence-electron chi connectivity index (χ4n) is 4.63. The van der Waals surface area contributed by atoms with Crippen LogP contribution in [0.4, 0.5) is 0 Å². The standard InChI is InChI=1S/C33H37Cl2N3O4/c1-24(21-26-13-15-27(16-14-26)42-20-19-41-18-17-25-7-3-2-4-8-25)38(22-30(39)28-9-5-11-32(34)36-28)23-31(40)29-10-6-12-33(35)37-29/h2-16,24,30-31,39-40H,17-23H2,1H3/t24-,30?,31?/m1/s1. The molecule has 222 valence electrons. The number of benzene rings is 2. The van der Waals surface area contributed by atoms with Crippen LogP contribution in [-0.4, -0.2) is 64.0 Å². The quantitative estimate of drug-likeness (QED) is 0.117. The van der Waals surface area contributed by atoms with Gasteiger partial charge in [-0.3, -0.25) is 4.90 Å². The van der Waals surface area contributed by atoms with Crippen LogP contribution in [0.2, 0.25) is 10.3 Å². The summed E-state index contributed by atoms with van der Waals surface area (Å²) >= 11 is 12.1. The van der Waals surface area contributed by atoms with Crippen LogP contribution in [0.5, 0.6) is 5.75 Å². The van der Waals surface area contributed by atoms with Crippen LogP contribution in [0, 0.1) is 0 Å². The van der Waals surface area contributed by atoms with Gasteiger partial charge in [-0.05, 0) is 67.3 Å². The molecule has 9 heteroatoms. The number of aliphatic hydroxyl groups excluding tert-OH is 2. The van der Waals surface area contributed by atoms with Gasteiger partial charge in [-0.2, -0.15) is 0 Å². The molecule has 2 aromatic carbocycles. The lowest BCUT2D eigenvalue weighted by Crippen LogP contribution is -2.40. The second kappa shape index (κ2) is 16.6. The van der Waals surface area contributed by atoms with E-state index in [2.05, 4.69) is 29.0 Å². The summed E-state index contributed by atoms with van der Waals surface area (Å²) in [4.78, 5) is 10.5. The average molecular weight is 611 g/mol. The first-order valence-electron chi connectivity index (χ1n) is 14.1. The van der Waals surface area contributed by atoms with Gasteiger partial charge >= 0.3 is 0 Å². The smallest absolute Gasteiger partial charge is 0.129 e. The van der Waals surface area contributed by atoms with Gasteiger partial charge in [0, 0.05) is 19.1 Å². The van der Waals surface area contributed by atoms with Gasteiger partial charge in [0.15, 0.2) is 0 Å². The van der Waals surface area contributed by atoms with E-state index in [0.717, 1.165) is 17.7 Å². The fraction of sp³-hybridized carbons (Fsp3) is 0.333. The molecule has 0 aliphatic heterocycles. The second-order valence-corrected chi connectivity index (χ2v) is 10.9. The Hall–Kier alpha value is -3.04. The number of hydrogen-bond acceptors (Lipinski definition) is 7. The van der Waals surface area contributed by atoms with Crippen molar-refractivity contribution in [3.63, 3.8) is 0 Å². The van der Waals surface area contributed by atoms with Crippen molar-refractivity contribution in [1.82, 2.24) is 14.9 Å². The summed E-state index contributed by atoms with van der Waals surface area (Å²) in [7, 11) is 0. The number of nitrogens with zero attached hydrogens (tertiary/aromatic N) is 3. The zero-order chi connectivity index (χ0) is 29.7. The van der Waals surface area contributed by atoms with Gasteiger partial charge in [-0.25, -0.2) is 9.97 Å². The summed E-state index contributed by atoms with van der Waals surface area (Å²) in [5, 5.41) is 22.6. The maximum absolute atomic E-state index is 11.0. The van der Waals surface area contributed by atoms with Crippen LogP contribution in [0.25, 0.3) is 0 Å². The number of aromatic nitrogens is 2. The van der Waals surface area contributed by atoms with Crippen LogP contribution in [-0.2, 0) is 17.6 Å². The summed E-state index contributed by atoms with van der Waals surface area (Å²) in [6.07, 6.45) is -0.217. The van der Waals surface area contributed by atoms with E-state index in [4.69, 9.17) is 32.7 Å². The van der Waals surface area contributed by atoms with E-state index in [-0.39, 0.29) is 19.1 Å². The molecule has 2 unspecified atom stereocenters. The Morgan fingerprint density at radius 1 is 0.690 bits per heavy atom. The summed E-state index contributed by atoms with van der Waals surface area (Å²) < 4.78 is 11.6. The maximum atomic E-state index is 11.0. The molecule has 42 heavy (non-hydrogen) atoms. The zero-order valence-corrected chi connectivity index (χ0v) is 25.2. The van der Waals surface area contributed by atoms with Crippen molar-refractivity contribution in [2.24, 2.45) is 0 Å². The predicted molar refractivity (Wildman–Crippen MR) is 166 cm³/mol. The number of halogens is 2. The minimum absolute atomic E-state index is 0.0301. The lowest BCUT2D eigenvalue weighted by atomic mass is 10.0. The van der Waals surface area contributed by atoms with Crippen LogP contribution in [0.15, 0.2) is 91.0 Å². The third-order valence-corrected chi connectivity index (χ3v) is 7.34. The third kappa shape index (κ3) is 10.3. The Kier molecular flexibility index (Phi) is 12.6. The summed E-state index contributed by atoms with van der Waals surface area (Å²) in [6.45, 7) is 4.21. The Morgan fingerprint density at radius 3 is 1.86 bits per heavy atom. The highest BCUT2D eigenvalue weighted by molar-refractivity contribution is 6.29. The highest BCUT2D eigenvalue weighted by Gasteiger charge is 2.24. The molecule has 0 fully saturated rings. The molecule has 2 heterocycles. The molecular formula is C33H37Cl2N3O4. The molecule has 2 aromatic heterocycles. The number of hydrogen-bond donors (Lipinski definition) is 2. The Labute approximate surface area is 257 Å². The van der Waals surface area contributed by atoms with Crippen LogP contribution in [0.1, 0.15) is 41.6 Å². The molecule has 7 nitrogen and oxygen atoms in total. The number of aliphatic hydroxyl groups is 2. The Morgan fingerprint density at radius 2 is 1.29 bits per heavy atom. The monoisotopic (exact) mass is 609 g/mol. The first-order valence-corrected chi connectivity index (χ1v) is 14.8. The zero-order valence-electron chi connectivity index (χ0n) is 23.7. The molecular weight excluding hydrogens is 573 g/mol. The van der Waals surface area contributed by atoms with Crippen molar-refractivity contribution >= 4 is 23.2 Å². The van der Waals surface area contributed by atoms with Crippen LogP contribution < -0.4 is 4.74 Å². The van der Waals surface area contributed by atoms with Gasteiger partial charge in [0.05, 0.1) is 24.6 Å². The minimum Gasteiger partial charge on any atom is -0.491 e. The highest BCUT2D eigenvalue weighted by Crippen LogP contribution is 2.22. The molecule has 0 aliphatic rings. The molecule has 0 saturated carbocycles. The van der Waals surface area contributed by atoms with E-state index in [1.165, 1.54) is 5.56 Å². The van der Waals surface area contributed by atoms with Crippen molar-refractivity contribution in [2.45, 2.75) is 38.0 Å². The van der Waals surface area contributed by atoms with Gasteiger partial charge in [0.2, 0.25) is 0 Å². The lowest BCUT2D eigenvalue weighted by molar-refractivity contribution is 0.0452. The van der Waals surface area contributed by atoms with Crippen LogP contribution >= 0.6 is 23.2 Å². The van der Waals surface area contributed by atoms with Crippen molar-refractivity contribution < 1.29 is 19.7 Å². The van der Waals surface area contributed by atoms with E-state index < -0.39 is 12.2 Å². The molecule has 2 N–H and O–H groups in total. The fourth-order valence-corrected chi connectivity index (χ4v) is 4.97. The maximum Gasteiger partial charge on any atom is 0.129 e. The average Bonchev–Trinajstić information content (AvgIpc) is 2.99.